The normalized spacial score (nSPS) is 45.2. The molecule has 0 amide bonds. The van der Waals surface area contributed by atoms with E-state index in [0.29, 0.717) is 29.0 Å². The molecule has 0 N–H and O–H groups in total. The Balaban J connectivity index is 1.90. The zero-order valence-corrected chi connectivity index (χ0v) is 10.4. The summed E-state index contributed by atoms with van der Waals surface area (Å²) in [5.74, 6) is 2.96. The molecule has 1 nitrogen and oxygen atoms in total. The van der Waals surface area contributed by atoms with Crippen LogP contribution in [-0.4, -0.2) is 5.78 Å². The van der Waals surface area contributed by atoms with E-state index in [1.54, 1.807) is 0 Å². The van der Waals surface area contributed by atoms with Gasteiger partial charge in [-0.05, 0) is 48.9 Å². The Kier molecular flexibility index (Phi) is 2.28. The predicted molar refractivity (Wildman–Crippen MR) is 65.0 cm³/mol. The van der Waals surface area contributed by atoms with Gasteiger partial charge in [-0.1, -0.05) is 26.0 Å². The number of hydrogen-bond donors (Lipinski definition) is 0. The van der Waals surface area contributed by atoms with Crippen molar-refractivity contribution in [1.29, 1.82) is 0 Å². The number of carbonyl (C=O) groups excluding carboxylic acids is 1. The molecule has 0 radical (unpaired) electrons. The van der Waals surface area contributed by atoms with Gasteiger partial charge < -0.3 is 0 Å². The fourth-order valence-electron chi connectivity index (χ4n) is 4.44. The van der Waals surface area contributed by atoms with Gasteiger partial charge in [0.15, 0.2) is 0 Å². The first-order valence-corrected chi connectivity index (χ1v) is 6.82. The van der Waals surface area contributed by atoms with Crippen molar-refractivity contribution < 1.29 is 4.79 Å². The van der Waals surface area contributed by atoms with Gasteiger partial charge in [0.05, 0.1) is 0 Å². The number of carbonyl (C=O) groups is 1. The van der Waals surface area contributed by atoms with E-state index in [1.165, 1.54) is 19.3 Å². The van der Waals surface area contributed by atoms with E-state index in [-0.39, 0.29) is 0 Å². The average Bonchev–Trinajstić information content (AvgIpc) is 2.55. The van der Waals surface area contributed by atoms with Gasteiger partial charge in [-0.25, -0.2) is 0 Å². The number of rotatable bonds is 0. The van der Waals surface area contributed by atoms with Gasteiger partial charge >= 0.3 is 0 Å². The molecule has 2 fully saturated rings. The molecule has 0 spiro atoms. The van der Waals surface area contributed by atoms with Crippen LogP contribution in [0.25, 0.3) is 0 Å². The van der Waals surface area contributed by atoms with Crippen LogP contribution >= 0.6 is 0 Å². The molecule has 16 heavy (non-hydrogen) atoms. The van der Waals surface area contributed by atoms with Crippen molar-refractivity contribution in [2.24, 2.45) is 29.1 Å². The fraction of sp³-hybridized carbons (Fsp3) is 0.800. The van der Waals surface area contributed by atoms with E-state index in [1.807, 2.05) is 0 Å². The molecule has 0 unspecified atom stereocenters. The highest BCUT2D eigenvalue weighted by molar-refractivity contribution is 5.82. The first-order valence-electron chi connectivity index (χ1n) is 6.82. The summed E-state index contributed by atoms with van der Waals surface area (Å²) in [4.78, 5) is 12.1. The summed E-state index contributed by atoms with van der Waals surface area (Å²) >= 11 is 0. The molecular formula is C15H22O. The number of hydrogen-bond acceptors (Lipinski definition) is 1. The largest absolute Gasteiger partial charge is 0.299 e. The smallest absolute Gasteiger partial charge is 0.136 e. The van der Waals surface area contributed by atoms with Gasteiger partial charge in [-0.3, -0.25) is 4.79 Å². The quantitative estimate of drug-likeness (QED) is 0.568. The molecule has 0 aromatic carbocycles. The van der Waals surface area contributed by atoms with Crippen molar-refractivity contribution in [1.82, 2.24) is 0 Å². The van der Waals surface area contributed by atoms with Crippen LogP contribution in [0.5, 0.6) is 0 Å². The average molecular weight is 218 g/mol. The molecule has 1 heteroatoms. The van der Waals surface area contributed by atoms with Gasteiger partial charge in [0.1, 0.15) is 5.78 Å². The van der Waals surface area contributed by atoms with Crippen molar-refractivity contribution in [3.63, 3.8) is 0 Å². The molecule has 3 aliphatic rings. The van der Waals surface area contributed by atoms with Gasteiger partial charge in [0.25, 0.3) is 0 Å². The zero-order chi connectivity index (χ0) is 11.3. The standard InChI is InChI=1S/C15H22O/c1-15(2)9-8-11-12(15)7-6-10-4-3-5-13(16)14(10)11/h8-12,14H,3-7H2,1-2H3/t10-,11-,12+,14-/m0/s1. The highest BCUT2D eigenvalue weighted by Gasteiger charge is 2.49. The molecule has 88 valence electrons. The molecular weight excluding hydrogens is 196 g/mol. The predicted octanol–water partition coefficient (Wildman–Crippen LogP) is 3.59. The minimum absolute atomic E-state index is 0.327. The van der Waals surface area contributed by atoms with Crippen LogP contribution in [0, 0.1) is 29.1 Å². The number of allylic oxidation sites excluding steroid dienone is 2. The minimum atomic E-state index is 0.327. The highest BCUT2D eigenvalue weighted by atomic mass is 16.1. The lowest BCUT2D eigenvalue weighted by Crippen LogP contribution is -2.42. The summed E-state index contributed by atoms with van der Waals surface area (Å²) in [7, 11) is 0. The Hall–Kier alpha value is -0.590. The van der Waals surface area contributed by atoms with Crippen molar-refractivity contribution in [3.8, 4) is 0 Å². The Bertz CT molecular complexity index is 339. The second-order valence-corrected chi connectivity index (χ2v) is 6.59. The van der Waals surface area contributed by atoms with Crippen LogP contribution in [0.4, 0.5) is 0 Å². The zero-order valence-electron chi connectivity index (χ0n) is 10.4. The van der Waals surface area contributed by atoms with Crippen molar-refractivity contribution >= 4 is 5.78 Å². The van der Waals surface area contributed by atoms with Crippen molar-refractivity contribution in [2.75, 3.05) is 0 Å². The Morgan fingerprint density at radius 3 is 2.88 bits per heavy atom. The number of fused-ring (bicyclic) bond motifs is 3. The molecule has 0 saturated heterocycles. The summed E-state index contributed by atoms with van der Waals surface area (Å²) < 4.78 is 0. The van der Waals surface area contributed by atoms with Gasteiger partial charge in [0.2, 0.25) is 0 Å². The molecule has 3 rings (SSSR count). The second-order valence-electron chi connectivity index (χ2n) is 6.59. The third-order valence-corrected chi connectivity index (χ3v) is 5.31. The SMILES string of the molecule is CC1(C)C=C[C@@H]2[C@H]3C(=O)CCC[C@H]3CC[C@H]21. The lowest BCUT2D eigenvalue weighted by Gasteiger charge is -2.45. The number of Topliss-reactive ketones (excluding diaryl/α,β-unsaturated/α-hetero) is 1. The summed E-state index contributed by atoms with van der Waals surface area (Å²) in [6, 6.07) is 0. The summed E-state index contributed by atoms with van der Waals surface area (Å²) in [6.07, 6.45) is 10.6. The molecule has 0 bridgehead atoms. The third kappa shape index (κ3) is 1.40. The maximum absolute atomic E-state index is 12.1. The summed E-state index contributed by atoms with van der Waals surface area (Å²) in [6.45, 7) is 4.67. The van der Waals surface area contributed by atoms with E-state index in [4.69, 9.17) is 0 Å². The monoisotopic (exact) mass is 218 g/mol. The van der Waals surface area contributed by atoms with E-state index >= 15 is 0 Å². The van der Waals surface area contributed by atoms with Crippen LogP contribution in [0.15, 0.2) is 12.2 Å². The third-order valence-electron chi connectivity index (χ3n) is 5.31. The molecule has 0 aliphatic heterocycles. The molecule has 0 aromatic heterocycles. The van der Waals surface area contributed by atoms with Crippen molar-refractivity contribution in [3.05, 3.63) is 12.2 Å². The van der Waals surface area contributed by atoms with E-state index in [9.17, 15) is 4.79 Å². The van der Waals surface area contributed by atoms with Gasteiger partial charge in [-0.15, -0.1) is 0 Å². The lowest BCUT2D eigenvalue weighted by molar-refractivity contribution is -0.131. The maximum atomic E-state index is 12.1. The maximum Gasteiger partial charge on any atom is 0.136 e. The molecule has 3 aliphatic carbocycles. The Morgan fingerprint density at radius 1 is 1.25 bits per heavy atom. The first-order chi connectivity index (χ1) is 7.59. The topological polar surface area (TPSA) is 17.1 Å². The Labute approximate surface area is 98.3 Å². The van der Waals surface area contributed by atoms with Crippen molar-refractivity contribution in [2.45, 2.75) is 46.0 Å². The Morgan fingerprint density at radius 2 is 2.06 bits per heavy atom. The van der Waals surface area contributed by atoms with Crippen LogP contribution in [-0.2, 0) is 4.79 Å². The minimum Gasteiger partial charge on any atom is -0.299 e. The highest BCUT2D eigenvalue weighted by Crippen LogP contribution is 2.54. The fourth-order valence-corrected chi connectivity index (χ4v) is 4.44. The molecule has 0 aromatic rings. The van der Waals surface area contributed by atoms with Crippen LogP contribution in [0.2, 0.25) is 0 Å². The molecule has 2 saturated carbocycles. The first kappa shape index (κ1) is 10.6. The van der Waals surface area contributed by atoms with Crippen LogP contribution in [0.1, 0.15) is 46.0 Å². The summed E-state index contributed by atoms with van der Waals surface area (Å²) in [5.41, 5.74) is 0.327. The van der Waals surface area contributed by atoms with E-state index < -0.39 is 0 Å². The van der Waals surface area contributed by atoms with Gasteiger partial charge in [0, 0.05) is 12.3 Å². The second kappa shape index (κ2) is 3.45. The molecule has 0 heterocycles. The van der Waals surface area contributed by atoms with E-state index in [0.717, 1.165) is 18.8 Å². The molecule has 4 atom stereocenters. The summed E-state index contributed by atoms with van der Waals surface area (Å²) in [5, 5.41) is 0. The van der Waals surface area contributed by atoms with Crippen LogP contribution in [0.3, 0.4) is 0 Å². The van der Waals surface area contributed by atoms with Crippen LogP contribution < -0.4 is 0 Å². The lowest BCUT2D eigenvalue weighted by atomic mass is 9.58. The number of ketones is 1. The van der Waals surface area contributed by atoms with E-state index in [2.05, 4.69) is 26.0 Å². The van der Waals surface area contributed by atoms with Gasteiger partial charge in [-0.2, -0.15) is 0 Å².